The molecule has 1 aromatic carbocycles. The third-order valence-corrected chi connectivity index (χ3v) is 7.06. The summed E-state index contributed by atoms with van der Waals surface area (Å²) in [5.74, 6) is 0.0172. The van der Waals surface area contributed by atoms with Gasteiger partial charge in [-0.1, -0.05) is 6.07 Å². The maximum atomic E-state index is 12.7. The van der Waals surface area contributed by atoms with Gasteiger partial charge in [0.25, 0.3) is 5.91 Å². The minimum atomic E-state index is -0.161. The Bertz CT molecular complexity index is 1080. The average Bonchev–Trinajstić information content (AvgIpc) is 3.50. The Labute approximate surface area is 194 Å². The Morgan fingerprint density at radius 2 is 1.78 bits per heavy atom. The zero-order chi connectivity index (χ0) is 22.5. The largest absolute Gasteiger partial charge is 0.368 e. The number of anilines is 2. The van der Waals surface area contributed by atoms with Crippen LogP contribution in [0.25, 0.3) is 0 Å². The van der Waals surface area contributed by atoms with E-state index in [2.05, 4.69) is 15.2 Å². The first-order valence-electron chi connectivity index (χ1n) is 10.4. The molecule has 1 fully saturated rings. The number of nitrogens with zero attached hydrogens (tertiary/aromatic N) is 3. The van der Waals surface area contributed by atoms with Gasteiger partial charge in [0, 0.05) is 49.2 Å². The number of carbonyl (C=O) groups excluding carboxylic acids is 3. The number of rotatable bonds is 7. The molecule has 3 heterocycles. The summed E-state index contributed by atoms with van der Waals surface area (Å²) in [6.45, 7) is 4.44. The maximum Gasteiger partial charge on any atom is 0.267 e. The van der Waals surface area contributed by atoms with Gasteiger partial charge in [-0.15, -0.1) is 22.7 Å². The molecule has 1 aliphatic heterocycles. The van der Waals surface area contributed by atoms with Gasteiger partial charge in [0.1, 0.15) is 0 Å². The second kappa shape index (κ2) is 10.1. The second-order valence-corrected chi connectivity index (χ2v) is 9.35. The van der Waals surface area contributed by atoms with E-state index < -0.39 is 0 Å². The van der Waals surface area contributed by atoms with Crippen molar-refractivity contribution in [3.8, 4) is 0 Å². The SMILES string of the molecule is CC(=O)c1ccc(N2CCN(C(=O)CCc3csc(NC(=O)c4cccs4)n3)CC2)cc1. The number of ketones is 1. The van der Waals surface area contributed by atoms with Crippen LogP contribution in [-0.2, 0) is 11.2 Å². The molecular formula is C23H24N4O3S2. The summed E-state index contributed by atoms with van der Waals surface area (Å²) in [7, 11) is 0. The van der Waals surface area contributed by atoms with Crippen molar-refractivity contribution in [3.63, 3.8) is 0 Å². The molecule has 32 heavy (non-hydrogen) atoms. The van der Waals surface area contributed by atoms with Crippen molar-refractivity contribution in [1.82, 2.24) is 9.88 Å². The summed E-state index contributed by atoms with van der Waals surface area (Å²) in [6, 6.07) is 11.2. The first kappa shape index (κ1) is 22.2. The van der Waals surface area contributed by atoms with Crippen molar-refractivity contribution in [2.45, 2.75) is 19.8 Å². The molecule has 9 heteroatoms. The smallest absolute Gasteiger partial charge is 0.267 e. The molecular weight excluding hydrogens is 444 g/mol. The Balaban J connectivity index is 1.23. The van der Waals surface area contributed by atoms with E-state index in [1.54, 1.807) is 13.0 Å². The van der Waals surface area contributed by atoms with Crippen LogP contribution < -0.4 is 10.2 Å². The fraction of sp³-hybridized carbons (Fsp3) is 0.304. The van der Waals surface area contributed by atoms with E-state index in [9.17, 15) is 14.4 Å². The Morgan fingerprint density at radius 3 is 2.44 bits per heavy atom. The van der Waals surface area contributed by atoms with E-state index in [-0.39, 0.29) is 17.6 Å². The van der Waals surface area contributed by atoms with Gasteiger partial charge < -0.3 is 9.80 Å². The molecule has 0 radical (unpaired) electrons. The van der Waals surface area contributed by atoms with Crippen molar-refractivity contribution in [2.75, 3.05) is 36.4 Å². The van der Waals surface area contributed by atoms with E-state index in [1.165, 1.54) is 22.7 Å². The Morgan fingerprint density at radius 1 is 1.03 bits per heavy atom. The first-order chi connectivity index (χ1) is 15.5. The quantitative estimate of drug-likeness (QED) is 0.531. The molecule has 1 aliphatic rings. The molecule has 1 saturated heterocycles. The average molecular weight is 469 g/mol. The summed E-state index contributed by atoms with van der Waals surface area (Å²) < 4.78 is 0. The van der Waals surface area contributed by atoms with E-state index in [0.717, 1.165) is 24.5 Å². The molecule has 4 rings (SSSR count). The number of hydrogen-bond donors (Lipinski definition) is 1. The standard InChI is InChI=1S/C23H24N4O3S2/c1-16(28)17-4-7-19(8-5-17)26-10-12-27(13-11-26)21(29)9-6-18-15-32-23(24-18)25-22(30)20-3-2-14-31-20/h2-5,7-8,14-15H,6,9-13H2,1H3,(H,24,25,30). The van der Waals surface area contributed by atoms with Crippen LogP contribution in [0.4, 0.5) is 10.8 Å². The highest BCUT2D eigenvalue weighted by atomic mass is 32.1. The van der Waals surface area contributed by atoms with Crippen molar-refractivity contribution >= 4 is 51.1 Å². The van der Waals surface area contributed by atoms with E-state index in [1.807, 2.05) is 46.0 Å². The molecule has 0 aliphatic carbocycles. The van der Waals surface area contributed by atoms with E-state index >= 15 is 0 Å². The number of thiazole rings is 1. The topological polar surface area (TPSA) is 82.6 Å². The number of benzene rings is 1. The molecule has 0 saturated carbocycles. The fourth-order valence-corrected chi connectivity index (χ4v) is 4.92. The molecule has 2 amide bonds. The molecule has 1 N–H and O–H groups in total. The monoisotopic (exact) mass is 468 g/mol. The first-order valence-corrected chi connectivity index (χ1v) is 12.2. The maximum absolute atomic E-state index is 12.7. The zero-order valence-corrected chi connectivity index (χ0v) is 19.4. The van der Waals surface area contributed by atoms with Crippen molar-refractivity contribution < 1.29 is 14.4 Å². The van der Waals surface area contributed by atoms with Crippen LogP contribution in [0.3, 0.4) is 0 Å². The third kappa shape index (κ3) is 5.41. The third-order valence-electron chi connectivity index (χ3n) is 5.38. The van der Waals surface area contributed by atoms with Gasteiger partial charge in [-0.2, -0.15) is 0 Å². The lowest BCUT2D eigenvalue weighted by Gasteiger charge is -2.36. The molecule has 2 aromatic heterocycles. The number of amides is 2. The van der Waals surface area contributed by atoms with E-state index in [0.29, 0.717) is 41.5 Å². The summed E-state index contributed by atoms with van der Waals surface area (Å²) in [5.41, 5.74) is 2.59. The number of piperazine rings is 1. The second-order valence-electron chi connectivity index (χ2n) is 7.55. The lowest BCUT2D eigenvalue weighted by Crippen LogP contribution is -2.48. The highest BCUT2D eigenvalue weighted by Crippen LogP contribution is 2.20. The van der Waals surface area contributed by atoms with Crippen molar-refractivity contribution in [3.05, 3.63) is 63.3 Å². The van der Waals surface area contributed by atoms with Gasteiger partial charge in [0.15, 0.2) is 10.9 Å². The van der Waals surface area contributed by atoms with Crippen LogP contribution in [0.5, 0.6) is 0 Å². The van der Waals surface area contributed by atoms with Crippen LogP contribution in [0, 0.1) is 0 Å². The number of hydrogen-bond acceptors (Lipinski definition) is 7. The molecule has 166 valence electrons. The summed E-state index contributed by atoms with van der Waals surface area (Å²) in [6.07, 6.45) is 0.951. The summed E-state index contributed by atoms with van der Waals surface area (Å²) >= 11 is 2.76. The fourth-order valence-electron chi connectivity index (χ4n) is 3.56. The predicted octanol–water partition coefficient (Wildman–Crippen LogP) is 3.94. The van der Waals surface area contributed by atoms with E-state index in [4.69, 9.17) is 0 Å². The lowest BCUT2D eigenvalue weighted by molar-refractivity contribution is -0.131. The number of aryl methyl sites for hydroxylation is 1. The zero-order valence-electron chi connectivity index (χ0n) is 17.7. The molecule has 0 atom stereocenters. The van der Waals surface area contributed by atoms with Gasteiger partial charge in [-0.05, 0) is 49.1 Å². The molecule has 3 aromatic rings. The Hall–Kier alpha value is -3.04. The van der Waals surface area contributed by atoms with Crippen LogP contribution >= 0.6 is 22.7 Å². The predicted molar refractivity (Wildman–Crippen MR) is 128 cm³/mol. The Kier molecular flexibility index (Phi) is 6.96. The summed E-state index contributed by atoms with van der Waals surface area (Å²) in [4.78, 5) is 45.4. The normalized spacial score (nSPS) is 13.8. The lowest BCUT2D eigenvalue weighted by atomic mass is 10.1. The van der Waals surface area contributed by atoms with Crippen LogP contribution in [0.15, 0.2) is 47.2 Å². The van der Waals surface area contributed by atoms with Gasteiger partial charge in [0.2, 0.25) is 5.91 Å². The van der Waals surface area contributed by atoms with Crippen molar-refractivity contribution in [1.29, 1.82) is 0 Å². The van der Waals surface area contributed by atoms with Gasteiger partial charge >= 0.3 is 0 Å². The highest BCUT2D eigenvalue weighted by Gasteiger charge is 2.21. The van der Waals surface area contributed by atoms with Crippen molar-refractivity contribution in [2.24, 2.45) is 0 Å². The molecule has 0 spiro atoms. The van der Waals surface area contributed by atoms with Gasteiger partial charge in [-0.25, -0.2) is 4.98 Å². The van der Waals surface area contributed by atoms with Gasteiger partial charge in [-0.3, -0.25) is 19.7 Å². The number of aromatic nitrogens is 1. The number of carbonyl (C=O) groups is 3. The van der Waals surface area contributed by atoms with Gasteiger partial charge in [0.05, 0.1) is 10.6 Å². The highest BCUT2D eigenvalue weighted by molar-refractivity contribution is 7.14. The molecule has 7 nitrogen and oxygen atoms in total. The van der Waals surface area contributed by atoms with Crippen LogP contribution in [-0.4, -0.2) is 53.7 Å². The molecule has 0 unspecified atom stereocenters. The number of thiophene rings is 1. The number of Topliss-reactive ketones (excluding diaryl/α,β-unsaturated/α-hetero) is 1. The summed E-state index contributed by atoms with van der Waals surface area (Å²) in [5, 5.41) is 7.10. The van der Waals surface area contributed by atoms with Crippen LogP contribution in [0.1, 0.15) is 39.1 Å². The molecule has 0 bridgehead atoms. The minimum absolute atomic E-state index is 0.0593. The van der Waals surface area contributed by atoms with Crippen LogP contribution in [0.2, 0.25) is 0 Å². The number of nitrogens with one attached hydrogen (secondary N) is 1. The minimum Gasteiger partial charge on any atom is -0.368 e.